The Kier molecular flexibility index (Phi) is 8.34. The van der Waals surface area contributed by atoms with E-state index in [1.165, 1.54) is 0 Å². The van der Waals surface area contributed by atoms with E-state index in [4.69, 9.17) is 4.74 Å². The molecule has 0 heterocycles. The molecule has 6 heteroatoms. The Bertz CT molecular complexity index is 864. The summed E-state index contributed by atoms with van der Waals surface area (Å²) in [5.41, 5.74) is 2.71. The van der Waals surface area contributed by atoms with Crippen molar-refractivity contribution in [2.24, 2.45) is 11.3 Å². The van der Waals surface area contributed by atoms with Gasteiger partial charge in [0.15, 0.2) is 5.88 Å². The molecule has 0 radical (unpaired) electrons. The molecule has 2 aliphatic rings. The zero-order valence-corrected chi connectivity index (χ0v) is 19.0. The first kappa shape index (κ1) is 22.7. The number of ether oxygens (including phenoxy) is 1. The second-order valence-electron chi connectivity index (χ2n) is 6.42. The molecule has 2 aliphatic carbocycles. The lowest BCUT2D eigenvalue weighted by Crippen LogP contribution is -2.39. The number of nitrogens with one attached hydrogen (secondary N) is 1. The van der Waals surface area contributed by atoms with Crippen molar-refractivity contribution in [3.05, 3.63) is 59.7 Å². The van der Waals surface area contributed by atoms with Gasteiger partial charge in [-0.05, 0) is 52.9 Å². The minimum absolute atomic E-state index is 0.0216. The standard InChI is InChI=1S/C22H25NO2S3/c1-15-16(2)22(4)13-10-8-7-9-11-19(24)20(21(15)23-17(3)25-5)18(22)12-14-27-28-26-6/h7-8,12,16,19,23-24H,1,3,14H2,2,4-6H3/b8-7-,18-12+/t16-,19?,22-/m1/s1. The van der Waals surface area contributed by atoms with Crippen molar-refractivity contribution in [3.8, 4) is 23.7 Å². The Morgan fingerprint density at radius 2 is 2.14 bits per heavy atom. The maximum Gasteiger partial charge on any atom is 0.183 e. The van der Waals surface area contributed by atoms with Crippen LogP contribution in [0.15, 0.2) is 59.7 Å². The fourth-order valence-corrected chi connectivity index (χ4v) is 5.58. The van der Waals surface area contributed by atoms with Crippen LogP contribution in [0.4, 0.5) is 0 Å². The zero-order valence-electron chi connectivity index (χ0n) is 16.6. The smallest absolute Gasteiger partial charge is 0.183 e. The van der Waals surface area contributed by atoms with Crippen LogP contribution in [0.1, 0.15) is 13.8 Å². The summed E-state index contributed by atoms with van der Waals surface area (Å²) in [7, 11) is 6.73. The highest BCUT2D eigenvalue weighted by Gasteiger charge is 2.44. The normalized spacial score (nSPS) is 28.6. The lowest BCUT2D eigenvalue weighted by Gasteiger charge is -2.43. The van der Waals surface area contributed by atoms with E-state index in [0.717, 1.165) is 16.9 Å². The number of rotatable bonds is 7. The molecule has 28 heavy (non-hydrogen) atoms. The minimum Gasteiger partial charge on any atom is -0.483 e. The Hall–Kier alpha value is -1.57. The molecule has 1 unspecified atom stereocenters. The van der Waals surface area contributed by atoms with E-state index in [1.54, 1.807) is 50.7 Å². The van der Waals surface area contributed by atoms with Crippen LogP contribution in [0.5, 0.6) is 0 Å². The van der Waals surface area contributed by atoms with Crippen LogP contribution in [-0.4, -0.2) is 30.3 Å². The van der Waals surface area contributed by atoms with Crippen molar-refractivity contribution >= 4 is 31.4 Å². The quantitative estimate of drug-likeness (QED) is 0.264. The summed E-state index contributed by atoms with van der Waals surface area (Å²) in [6.45, 7) is 12.4. The molecular formula is C22H25NO2S3. The van der Waals surface area contributed by atoms with E-state index in [2.05, 4.69) is 68.3 Å². The summed E-state index contributed by atoms with van der Waals surface area (Å²) in [4.78, 5) is 0. The predicted octanol–water partition coefficient (Wildman–Crippen LogP) is 4.68. The van der Waals surface area contributed by atoms with Gasteiger partial charge in [-0.2, -0.15) is 0 Å². The number of fused-ring (bicyclic) bond motifs is 2. The van der Waals surface area contributed by atoms with Crippen LogP contribution in [-0.2, 0) is 4.74 Å². The molecule has 0 aliphatic heterocycles. The number of methoxy groups -OCH3 is 1. The molecule has 0 fully saturated rings. The monoisotopic (exact) mass is 431 g/mol. The highest BCUT2D eigenvalue weighted by atomic mass is 33.5. The summed E-state index contributed by atoms with van der Waals surface area (Å²) in [6, 6.07) is 0. The molecule has 2 N–H and O–H groups in total. The molecule has 148 valence electrons. The Morgan fingerprint density at radius 1 is 1.43 bits per heavy atom. The fraction of sp³-hybridized carbons (Fsp3) is 0.364. The maximum atomic E-state index is 11.0. The highest BCUT2D eigenvalue weighted by molar-refractivity contribution is 9.09. The first-order valence-corrected chi connectivity index (χ1v) is 12.8. The second kappa shape index (κ2) is 10.3. The van der Waals surface area contributed by atoms with E-state index in [0.29, 0.717) is 17.2 Å². The lowest BCUT2D eigenvalue weighted by molar-refractivity contribution is 0.248. The van der Waals surface area contributed by atoms with Gasteiger partial charge in [0.2, 0.25) is 0 Å². The average molecular weight is 432 g/mol. The third-order valence-electron chi connectivity index (χ3n) is 4.89. The summed E-state index contributed by atoms with van der Waals surface area (Å²) < 4.78 is 5.22. The Morgan fingerprint density at radius 3 is 2.82 bits per heavy atom. The van der Waals surface area contributed by atoms with Crippen LogP contribution < -0.4 is 5.32 Å². The summed E-state index contributed by atoms with van der Waals surface area (Å²) >= 11 is 0. The van der Waals surface area contributed by atoms with Crippen molar-refractivity contribution < 1.29 is 9.84 Å². The van der Waals surface area contributed by atoms with Crippen LogP contribution in [0.2, 0.25) is 0 Å². The first-order valence-electron chi connectivity index (χ1n) is 8.70. The molecule has 0 aromatic carbocycles. The molecule has 2 bridgehead atoms. The van der Waals surface area contributed by atoms with Gasteiger partial charge in [0, 0.05) is 17.2 Å². The largest absolute Gasteiger partial charge is 0.483 e. The highest BCUT2D eigenvalue weighted by Crippen LogP contribution is 2.50. The number of aliphatic hydroxyl groups excluding tert-OH is 1. The van der Waals surface area contributed by atoms with E-state index in [1.807, 2.05) is 0 Å². The molecule has 0 aromatic rings. The molecule has 3 atom stereocenters. The van der Waals surface area contributed by atoms with Crippen LogP contribution in [0.3, 0.4) is 0 Å². The molecule has 0 saturated carbocycles. The third-order valence-corrected chi connectivity index (χ3v) is 8.62. The number of hydrogen-bond donors (Lipinski definition) is 2. The van der Waals surface area contributed by atoms with Crippen molar-refractivity contribution in [2.75, 3.05) is 19.1 Å². The fourth-order valence-electron chi connectivity index (χ4n) is 3.17. The van der Waals surface area contributed by atoms with E-state index in [-0.39, 0.29) is 5.92 Å². The van der Waals surface area contributed by atoms with Crippen molar-refractivity contribution in [3.63, 3.8) is 0 Å². The Balaban J connectivity index is 2.73. The molecular weight excluding hydrogens is 406 g/mol. The minimum atomic E-state index is -0.982. The van der Waals surface area contributed by atoms with Gasteiger partial charge in [0.25, 0.3) is 0 Å². The van der Waals surface area contributed by atoms with E-state index >= 15 is 0 Å². The van der Waals surface area contributed by atoms with Gasteiger partial charge in [-0.1, -0.05) is 64.8 Å². The second-order valence-corrected chi connectivity index (χ2v) is 10.8. The van der Waals surface area contributed by atoms with Crippen molar-refractivity contribution in [2.45, 2.75) is 20.0 Å². The molecule has 0 aromatic heterocycles. The van der Waals surface area contributed by atoms with Crippen molar-refractivity contribution in [1.82, 2.24) is 5.32 Å². The van der Waals surface area contributed by atoms with Gasteiger partial charge < -0.3 is 15.2 Å². The summed E-state index contributed by atoms with van der Waals surface area (Å²) in [5, 5.41) is 14.1. The molecule has 2 rings (SSSR count). The average Bonchev–Trinajstić information content (AvgIpc) is 2.68. The van der Waals surface area contributed by atoms with E-state index in [9.17, 15) is 5.11 Å². The van der Waals surface area contributed by atoms with Crippen LogP contribution in [0, 0.1) is 35.0 Å². The SMILES string of the molecule is C=C(NC1=C2/C(=C\CSSSC)[C@](C)(C#C/C=C\C#CC2O)[C@H](C)C1=C)OC. The number of hydrogen-bond acceptors (Lipinski definition) is 6. The molecule has 0 amide bonds. The van der Waals surface area contributed by atoms with Gasteiger partial charge in [0.1, 0.15) is 6.10 Å². The topological polar surface area (TPSA) is 41.5 Å². The third kappa shape index (κ3) is 4.88. The molecule has 0 spiro atoms. The Labute approximate surface area is 180 Å². The van der Waals surface area contributed by atoms with Crippen molar-refractivity contribution in [1.29, 1.82) is 0 Å². The zero-order chi connectivity index (χ0) is 20.7. The first-order chi connectivity index (χ1) is 13.4. The van der Waals surface area contributed by atoms with Gasteiger partial charge in [-0.25, -0.2) is 0 Å². The number of aliphatic hydroxyl groups is 1. The van der Waals surface area contributed by atoms with Gasteiger partial charge in [0.05, 0.1) is 18.2 Å². The van der Waals surface area contributed by atoms with Gasteiger partial charge >= 0.3 is 0 Å². The van der Waals surface area contributed by atoms with Crippen LogP contribution in [0.25, 0.3) is 0 Å². The lowest BCUT2D eigenvalue weighted by atomic mass is 9.62. The predicted molar refractivity (Wildman–Crippen MR) is 125 cm³/mol. The van der Waals surface area contributed by atoms with E-state index < -0.39 is 11.5 Å². The molecule has 3 nitrogen and oxygen atoms in total. The van der Waals surface area contributed by atoms with Gasteiger partial charge in [-0.3, -0.25) is 0 Å². The van der Waals surface area contributed by atoms with Gasteiger partial charge in [-0.15, -0.1) is 0 Å². The van der Waals surface area contributed by atoms with Crippen LogP contribution >= 0.6 is 31.4 Å². The summed E-state index contributed by atoms with van der Waals surface area (Å²) in [5.74, 6) is 13.5. The number of allylic oxidation sites excluding steroid dienone is 3. The molecule has 0 saturated heterocycles. The maximum absolute atomic E-state index is 11.0. The summed E-state index contributed by atoms with van der Waals surface area (Å²) in [6.07, 6.45) is 6.61.